The number of aryl methyl sites for hydroxylation is 2. The fraction of sp³-hybridized carbons (Fsp3) is 0.231. The summed E-state index contributed by atoms with van der Waals surface area (Å²) in [5.41, 5.74) is 8.91. The molecule has 1 heterocycles. The fourth-order valence-corrected chi connectivity index (χ4v) is 3.00. The molecular weight excluding hydrogens is 296 g/mol. The average Bonchev–Trinajstić information content (AvgIpc) is 2.71. The number of nitrogens with two attached hydrogens (primary N) is 1. The molecule has 0 aliphatic rings. The van der Waals surface area contributed by atoms with Crippen molar-refractivity contribution >= 4 is 38.6 Å². The van der Waals surface area contributed by atoms with Crippen LogP contribution in [-0.4, -0.2) is 0 Å². The van der Waals surface area contributed by atoms with Gasteiger partial charge in [-0.2, -0.15) is 0 Å². The van der Waals surface area contributed by atoms with Gasteiger partial charge in [0.25, 0.3) is 0 Å². The number of nitrogens with one attached hydrogen (secondary N) is 1. The largest absolute Gasteiger partial charge is 0.398 e. The Morgan fingerprint density at radius 1 is 1.24 bits per heavy atom. The first kappa shape index (κ1) is 12.5. The van der Waals surface area contributed by atoms with E-state index in [1.165, 1.54) is 9.75 Å². The molecule has 3 N–H and O–H groups in total. The van der Waals surface area contributed by atoms with Crippen molar-refractivity contribution in [2.24, 2.45) is 0 Å². The minimum absolute atomic E-state index is 0.803. The Morgan fingerprint density at radius 2 is 2.00 bits per heavy atom. The first-order valence-electron chi connectivity index (χ1n) is 5.41. The molecule has 0 atom stereocenters. The van der Waals surface area contributed by atoms with Gasteiger partial charge in [-0.05, 0) is 53.5 Å². The van der Waals surface area contributed by atoms with Crippen molar-refractivity contribution in [2.45, 2.75) is 20.4 Å². The van der Waals surface area contributed by atoms with Gasteiger partial charge in [0.1, 0.15) is 0 Å². The van der Waals surface area contributed by atoms with Crippen LogP contribution in [0.5, 0.6) is 0 Å². The average molecular weight is 311 g/mol. The third-order valence-electron chi connectivity index (χ3n) is 2.65. The number of anilines is 2. The Labute approximate surface area is 114 Å². The predicted octanol–water partition coefficient (Wildman–Crippen LogP) is 4.32. The molecule has 2 nitrogen and oxygen atoms in total. The molecule has 0 amide bonds. The maximum atomic E-state index is 5.97. The van der Waals surface area contributed by atoms with Crippen LogP contribution in [0.4, 0.5) is 11.4 Å². The molecule has 1 aromatic heterocycles. The molecule has 90 valence electrons. The van der Waals surface area contributed by atoms with E-state index in [9.17, 15) is 0 Å². The molecule has 0 spiro atoms. The second kappa shape index (κ2) is 5.10. The van der Waals surface area contributed by atoms with Gasteiger partial charge in [-0.25, -0.2) is 0 Å². The monoisotopic (exact) mass is 310 g/mol. The molecule has 4 heteroatoms. The highest BCUT2D eigenvalue weighted by Crippen LogP contribution is 2.31. The van der Waals surface area contributed by atoms with Crippen molar-refractivity contribution in [1.29, 1.82) is 0 Å². The lowest BCUT2D eigenvalue weighted by Crippen LogP contribution is -2.01. The molecule has 0 fully saturated rings. The molecule has 0 bridgehead atoms. The van der Waals surface area contributed by atoms with E-state index in [2.05, 4.69) is 46.4 Å². The molecule has 0 unspecified atom stereocenters. The summed E-state index contributed by atoms with van der Waals surface area (Å²) < 4.78 is 0.950. The molecule has 0 saturated heterocycles. The zero-order valence-electron chi connectivity index (χ0n) is 9.88. The Hall–Kier alpha value is -1.000. The van der Waals surface area contributed by atoms with E-state index in [-0.39, 0.29) is 0 Å². The fourth-order valence-electron chi connectivity index (χ4n) is 1.59. The van der Waals surface area contributed by atoms with Crippen LogP contribution >= 0.6 is 27.3 Å². The molecule has 0 radical (unpaired) electrons. The standard InChI is InChI=1S/C13H15BrN2S/c1-8-3-6-11(12(14)13(8)15)16-7-10-5-4-9(2)17-10/h3-6,16H,7,15H2,1-2H3. The third kappa shape index (κ3) is 2.82. The molecule has 1 aromatic carbocycles. The number of benzene rings is 1. The first-order chi connectivity index (χ1) is 8.08. The molecule has 0 aliphatic carbocycles. The van der Waals surface area contributed by atoms with Gasteiger partial charge in [-0.1, -0.05) is 6.07 Å². The normalized spacial score (nSPS) is 10.5. The van der Waals surface area contributed by atoms with E-state index in [4.69, 9.17) is 5.73 Å². The zero-order valence-corrected chi connectivity index (χ0v) is 12.3. The Morgan fingerprint density at radius 3 is 2.65 bits per heavy atom. The topological polar surface area (TPSA) is 38.0 Å². The van der Waals surface area contributed by atoms with Crippen LogP contribution in [0.3, 0.4) is 0 Å². The van der Waals surface area contributed by atoms with Gasteiger partial charge < -0.3 is 11.1 Å². The van der Waals surface area contributed by atoms with E-state index in [1.807, 2.05) is 24.3 Å². The van der Waals surface area contributed by atoms with E-state index in [0.29, 0.717) is 0 Å². The van der Waals surface area contributed by atoms with Crippen molar-refractivity contribution in [1.82, 2.24) is 0 Å². The number of thiophene rings is 1. The molecule has 17 heavy (non-hydrogen) atoms. The third-order valence-corrected chi connectivity index (χ3v) is 4.50. The summed E-state index contributed by atoms with van der Waals surface area (Å²) in [6.45, 7) is 4.96. The summed E-state index contributed by atoms with van der Waals surface area (Å²) in [5.74, 6) is 0. The maximum absolute atomic E-state index is 5.97. The summed E-state index contributed by atoms with van der Waals surface area (Å²) in [7, 11) is 0. The summed E-state index contributed by atoms with van der Waals surface area (Å²) in [4.78, 5) is 2.66. The Balaban J connectivity index is 2.12. The summed E-state index contributed by atoms with van der Waals surface area (Å²) >= 11 is 5.34. The number of hydrogen-bond donors (Lipinski definition) is 2. The lowest BCUT2D eigenvalue weighted by atomic mass is 10.2. The number of nitrogen functional groups attached to an aromatic ring is 1. The highest BCUT2D eigenvalue weighted by Gasteiger charge is 2.06. The van der Waals surface area contributed by atoms with Crippen LogP contribution in [-0.2, 0) is 6.54 Å². The number of hydrogen-bond acceptors (Lipinski definition) is 3. The van der Waals surface area contributed by atoms with Gasteiger partial charge in [0.05, 0.1) is 15.8 Å². The first-order valence-corrected chi connectivity index (χ1v) is 7.02. The second-order valence-corrected chi connectivity index (χ2v) is 6.19. The minimum atomic E-state index is 0.803. The van der Waals surface area contributed by atoms with Crippen molar-refractivity contribution in [3.63, 3.8) is 0 Å². The van der Waals surface area contributed by atoms with E-state index >= 15 is 0 Å². The molecular formula is C13H15BrN2S. The predicted molar refractivity (Wildman–Crippen MR) is 79.7 cm³/mol. The SMILES string of the molecule is Cc1ccc(CNc2ccc(C)c(N)c2Br)s1. The van der Waals surface area contributed by atoms with Crippen molar-refractivity contribution in [3.05, 3.63) is 44.1 Å². The highest BCUT2D eigenvalue weighted by molar-refractivity contribution is 9.10. The van der Waals surface area contributed by atoms with E-state index < -0.39 is 0 Å². The van der Waals surface area contributed by atoms with Crippen LogP contribution in [0.25, 0.3) is 0 Å². The van der Waals surface area contributed by atoms with Crippen molar-refractivity contribution in [3.8, 4) is 0 Å². The Bertz CT molecular complexity index is 534. The van der Waals surface area contributed by atoms with Crippen LogP contribution in [0.2, 0.25) is 0 Å². The lowest BCUT2D eigenvalue weighted by molar-refractivity contribution is 1.19. The second-order valence-electron chi connectivity index (χ2n) is 4.02. The lowest BCUT2D eigenvalue weighted by Gasteiger charge is -2.11. The van der Waals surface area contributed by atoms with Gasteiger partial charge in [0, 0.05) is 16.3 Å². The maximum Gasteiger partial charge on any atom is 0.0639 e. The highest BCUT2D eigenvalue weighted by atomic mass is 79.9. The van der Waals surface area contributed by atoms with E-state index in [1.54, 1.807) is 0 Å². The quantitative estimate of drug-likeness (QED) is 0.828. The van der Waals surface area contributed by atoms with Crippen LogP contribution in [0.1, 0.15) is 15.3 Å². The smallest absolute Gasteiger partial charge is 0.0639 e. The minimum Gasteiger partial charge on any atom is -0.398 e. The van der Waals surface area contributed by atoms with Gasteiger partial charge in [-0.3, -0.25) is 0 Å². The summed E-state index contributed by atoms with van der Waals surface area (Å²) in [5, 5.41) is 3.39. The van der Waals surface area contributed by atoms with Gasteiger partial charge >= 0.3 is 0 Å². The molecule has 0 aliphatic heterocycles. The number of halogens is 1. The van der Waals surface area contributed by atoms with Crippen LogP contribution in [0.15, 0.2) is 28.7 Å². The Kier molecular flexibility index (Phi) is 3.74. The molecule has 2 aromatic rings. The van der Waals surface area contributed by atoms with Crippen molar-refractivity contribution < 1.29 is 0 Å². The molecule has 2 rings (SSSR count). The zero-order chi connectivity index (χ0) is 12.4. The number of rotatable bonds is 3. The van der Waals surface area contributed by atoms with Crippen LogP contribution in [0, 0.1) is 13.8 Å². The summed E-state index contributed by atoms with van der Waals surface area (Å²) in [6.07, 6.45) is 0. The van der Waals surface area contributed by atoms with Crippen LogP contribution < -0.4 is 11.1 Å². The summed E-state index contributed by atoms with van der Waals surface area (Å²) in [6, 6.07) is 8.37. The molecule has 0 saturated carbocycles. The van der Waals surface area contributed by atoms with Gasteiger partial charge in [-0.15, -0.1) is 11.3 Å². The van der Waals surface area contributed by atoms with Gasteiger partial charge in [0.2, 0.25) is 0 Å². The van der Waals surface area contributed by atoms with Crippen molar-refractivity contribution in [2.75, 3.05) is 11.1 Å². The van der Waals surface area contributed by atoms with Gasteiger partial charge in [0.15, 0.2) is 0 Å². The van der Waals surface area contributed by atoms with E-state index in [0.717, 1.165) is 28.0 Å².